The molecule has 2 heterocycles. The highest BCUT2D eigenvalue weighted by Crippen LogP contribution is 2.33. The minimum atomic E-state index is 0.186. The second kappa shape index (κ2) is 6.78. The van der Waals surface area contributed by atoms with Gasteiger partial charge in [-0.3, -0.25) is 0 Å². The summed E-state index contributed by atoms with van der Waals surface area (Å²) in [5.41, 5.74) is 6.24. The number of rotatable bonds is 4. The molecule has 0 spiro atoms. The largest absolute Gasteiger partial charge is 0.373 e. The predicted octanol–water partition coefficient (Wildman–Crippen LogP) is 3.81. The normalized spacial score (nSPS) is 16.2. The monoisotopic (exact) mass is 348 g/mol. The molecule has 1 atom stereocenters. The van der Waals surface area contributed by atoms with Crippen LogP contribution in [0.15, 0.2) is 36.7 Å². The van der Waals surface area contributed by atoms with E-state index in [1.165, 1.54) is 22.4 Å². The molecule has 6 heteroatoms. The summed E-state index contributed by atoms with van der Waals surface area (Å²) >= 11 is 0. The van der Waals surface area contributed by atoms with Crippen molar-refractivity contribution in [2.75, 3.05) is 17.7 Å². The molecule has 0 amide bonds. The summed E-state index contributed by atoms with van der Waals surface area (Å²) in [4.78, 5) is 8.84. The van der Waals surface area contributed by atoms with Crippen LogP contribution in [0.4, 0.5) is 11.8 Å². The van der Waals surface area contributed by atoms with Crippen molar-refractivity contribution in [3.05, 3.63) is 59.0 Å². The van der Waals surface area contributed by atoms with Gasteiger partial charge in [0.15, 0.2) is 0 Å². The number of nitrogens with one attached hydrogen (secondary N) is 2. The fourth-order valence-electron chi connectivity index (χ4n) is 3.51. The number of hydrogen-bond acceptors (Lipinski definition) is 5. The quantitative estimate of drug-likeness (QED) is 0.750. The summed E-state index contributed by atoms with van der Waals surface area (Å²) in [5, 5.41) is 11.2. The molecule has 0 fully saturated rings. The molecule has 0 aliphatic heterocycles. The number of anilines is 2. The van der Waals surface area contributed by atoms with Crippen molar-refractivity contribution < 1.29 is 0 Å². The van der Waals surface area contributed by atoms with Crippen LogP contribution < -0.4 is 10.6 Å². The highest BCUT2D eigenvalue weighted by Gasteiger charge is 2.25. The van der Waals surface area contributed by atoms with Gasteiger partial charge in [0, 0.05) is 24.5 Å². The zero-order valence-electron chi connectivity index (χ0n) is 15.5. The predicted molar refractivity (Wildman–Crippen MR) is 104 cm³/mol. The summed E-state index contributed by atoms with van der Waals surface area (Å²) in [6.45, 7) is 4.28. The fourth-order valence-corrected chi connectivity index (χ4v) is 3.51. The lowest BCUT2D eigenvalue weighted by molar-refractivity contribution is 0.581. The molecule has 134 valence electrons. The zero-order chi connectivity index (χ0) is 18.1. The Morgan fingerprint density at radius 1 is 1.15 bits per heavy atom. The first-order chi connectivity index (χ1) is 12.7. The zero-order valence-corrected chi connectivity index (χ0v) is 15.5. The number of fused-ring (bicyclic) bond motifs is 1. The van der Waals surface area contributed by atoms with Gasteiger partial charge in [0.1, 0.15) is 5.82 Å². The first kappa shape index (κ1) is 16.6. The molecule has 0 radical (unpaired) electrons. The third-order valence-electron chi connectivity index (χ3n) is 5.13. The van der Waals surface area contributed by atoms with Gasteiger partial charge in [0.2, 0.25) is 5.95 Å². The van der Waals surface area contributed by atoms with Gasteiger partial charge >= 0.3 is 0 Å². The first-order valence-electron chi connectivity index (χ1n) is 9.07. The Labute approximate surface area is 153 Å². The van der Waals surface area contributed by atoms with Crippen molar-refractivity contribution in [3.8, 4) is 5.69 Å². The summed E-state index contributed by atoms with van der Waals surface area (Å²) in [5.74, 6) is 1.46. The molecule has 6 nitrogen and oxygen atoms in total. The first-order valence-corrected chi connectivity index (χ1v) is 9.07. The Morgan fingerprint density at radius 3 is 2.85 bits per heavy atom. The van der Waals surface area contributed by atoms with Crippen LogP contribution in [0.5, 0.6) is 0 Å². The molecule has 0 bridgehead atoms. The summed E-state index contributed by atoms with van der Waals surface area (Å²) in [6.07, 6.45) is 6.97. The number of hydrogen-bond donors (Lipinski definition) is 2. The van der Waals surface area contributed by atoms with Crippen LogP contribution in [-0.2, 0) is 6.42 Å². The van der Waals surface area contributed by atoms with Gasteiger partial charge in [0.05, 0.1) is 17.9 Å². The number of aryl methyl sites for hydroxylation is 2. The van der Waals surface area contributed by atoms with Crippen molar-refractivity contribution in [2.45, 2.75) is 39.2 Å². The molecule has 4 rings (SSSR count). The topological polar surface area (TPSA) is 67.7 Å². The minimum Gasteiger partial charge on any atom is -0.373 e. The van der Waals surface area contributed by atoms with Crippen LogP contribution in [-0.4, -0.2) is 26.8 Å². The number of benzene rings is 1. The van der Waals surface area contributed by atoms with Gasteiger partial charge in [-0.15, -0.1) is 0 Å². The van der Waals surface area contributed by atoms with Crippen molar-refractivity contribution >= 4 is 11.8 Å². The summed E-state index contributed by atoms with van der Waals surface area (Å²) in [7, 11) is 1.86. The van der Waals surface area contributed by atoms with Crippen LogP contribution in [0.1, 0.15) is 41.3 Å². The fraction of sp³-hybridized carbons (Fsp3) is 0.350. The molecule has 2 aromatic heterocycles. The molecule has 1 aliphatic carbocycles. The van der Waals surface area contributed by atoms with E-state index in [2.05, 4.69) is 62.4 Å². The van der Waals surface area contributed by atoms with Crippen LogP contribution >= 0.6 is 0 Å². The van der Waals surface area contributed by atoms with E-state index in [1.54, 1.807) is 6.20 Å². The van der Waals surface area contributed by atoms with Crippen LogP contribution in [0.2, 0.25) is 0 Å². The molecular weight excluding hydrogens is 324 g/mol. The van der Waals surface area contributed by atoms with Crippen LogP contribution in [0, 0.1) is 13.8 Å². The lowest BCUT2D eigenvalue weighted by Crippen LogP contribution is -2.19. The highest BCUT2D eigenvalue weighted by molar-refractivity contribution is 5.45. The van der Waals surface area contributed by atoms with Crippen molar-refractivity contribution in [2.24, 2.45) is 0 Å². The van der Waals surface area contributed by atoms with Crippen LogP contribution in [0.25, 0.3) is 5.69 Å². The second-order valence-electron chi connectivity index (χ2n) is 6.83. The van der Waals surface area contributed by atoms with E-state index >= 15 is 0 Å². The molecule has 26 heavy (non-hydrogen) atoms. The van der Waals surface area contributed by atoms with Gasteiger partial charge in [-0.25, -0.2) is 9.67 Å². The van der Waals surface area contributed by atoms with Gasteiger partial charge in [-0.05, 0) is 62.4 Å². The lowest BCUT2D eigenvalue weighted by Gasteiger charge is -2.24. The summed E-state index contributed by atoms with van der Waals surface area (Å²) < 4.78 is 2.08. The van der Waals surface area contributed by atoms with Gasteiger partial charge in [0.25, 0.3) is 0 Å². The molecular formula is C20H24N6. The maximum absolute atomic E-state index is 4.69. The van der Waals surface area contributed by atoms with Crippen LogP contribution in [0.3, 0.4) is 0 Å². The smallest absolute Gasteiger partial charge is 0.225 e. The Hall–Kier alpha value is -2.89. The Morgan fingerprint density at radius 2 is 2.04 bits per heavy atom. The summed E-state index contributed by atoms with van der Waals surface area (Å²) in [6, 6.07) is 8.56. The lowest BCUT2D eigenvalue weighted by atomic mass is 9.93. The van der Waals surface area contributed by atoms with Gasteiger partial charge < -0.3 is 10.6 Å². The van der Waals surface area contributed by atoms with E-state index < -0.39 is 0 Å². The van der Waals surface area contributed by atoms with E-state index in [4.69, 9.17) is 0 Å². The maximum atomic E-state index is 4.69. The SMILES string of the molecule is CNc1ccnc(N[C@@H]2CCCc3c2cnn3-c2ccc(C)c(C)c2)n1. The molecule has 2 N–H and O–H groups in total. The molecule has 0 unspecified atom stereocenters. The Balaban J connectivity index is 1.65. The molecule has 0 saturated carbocycles. The van der Waals surface area contributed by atoms with Crippen molar-refractivity contribution in [1.29, 1.82) is 0 Å². The Kier molecular flexibility index (Phi) is 4.32. The van der Waals surface area contributed by atoms with E-state index in [9.17, 15) is 0 Å². The van der Waals surface area contributed by atoms with E-state index in [0.29, 0.717) is 5.95 Å². The second-order valence-corrected chi connectivity index (χ2v) is 6.83. The van der Waals surface area contributed by atoms with E-state index in [1.807, 2.05) is 19.3 Å². The maximum Gasteiger partial charge on any atom is 0.225 e. The van der Waals surface area contributed by atoms with Crippen molar-refractivity contribution in [1.82, 2.24) is 19.7 Å². The third kappa shape index (κ3) is 3.03. The highest BCUT2D eigenvalue weighted by atomic mass is 15.3. The molecule has 1 aromatic carbocycles. The number of nitrogens with zero attached hydrogens (tertiary/aromatic N) is 4. The standard InChI is InChI=1S/C20H24N6/c1-13-7-8-15(11-14(13)2)26-18-6-4-5-17(16(18)12-23-26)24-20-22-10-9-19(21-3)25-20/h7-12,17H,4-6H2,1-3H3,(H2,21,22,24,25)/t17-/m1/s1. The molecule has 0 saturated heterocycles. The van der Waals surface area contributed by atoms with Crippen molar-refractivity contribution in [3.63, 3.8) is 0 Å². The van der Waals surface area contributed by atoms with Gasteiger partial charge in [-0.1, -0.05) is 6.07 Å². The molecule has 1 aliphatic rings. The number of aromatic nitrogens is 4. The van der Waals surface area contributed by atoms with E-state index in [-0.39, 0.29) is 6.04 Å². The third-order valence-corrected chi connectivity index (χ3v) is 5.13. The Bertz CT molecular complexity index is 930. The molecule has 3 aromatic rings. The minimum absolute atomic E-state index is 0.186. The van der Waals surface area contributed by atoms with Gasteiger partial charge in [-0.2, -0.15) is 10.1 Å². The van der Waals surface area contributed by atoms with E-state index in [0.717, 1.165) is 30.8 Å². The average Bonchev–Trinajstić information content (AvgIpc) is 3.09. The average molecular weight is 348 g/mol.